The van der Waals surface area contributed by atoms with E-state index >= 15 is 0 Å². The largest absolute Gasteiger partial charge is 0.493 e. The van der Waals surface area contributed by atoms with Crippen LogP contribution in [0.15, 0.2) is 34.9 Å². The number of aromatic nitrogens is 1. The topological polar surface area (TPSA) is 51.2 Å². The minimum Gasteiger partial charge on any atom is -0.493 e. The number of nitrogens with one attached hydrogen (secondary N) is 1. The molecule has 20 heavy (non-hydrogen) atoms. The van der Waals surface area contributed by atoms with Crippen LogP contribution >= 0.6 is 27.5 Å². The molecular formula is C13H9BrClFN2O2. The molecule has 0 fully saturated rings. The van der Waals surface area contributed by atoms with Gasteiger partial charge in [-0.25, -0.2) is 4.98 Å². The third kappa shape index (κ3) is 3.26. The molecule has 0 spiro atoms. The van der Waals surface area contributed by atoms with Gasteiger partial charge in [-0.15, -0.1) is 0 Å². The lowest BCUT2D eigenvalue weighted by atomic mass is 10.2. The van der Waals surface area contributed by atoms with Crippen LogP contribution in [0.4, 0.5) is 10.1 Å². The lowest BCUT2D eigenvalue weighted by molar-refractivity contribution is 0.102. The zero-order valence-corrected chi connectivity index (χ0v) is 12.6. The van der Waals surface area contributed by atoms with E-state index in [1.54, 1.807) is 12.1 Å². The maximum atomic E-state index is 13.0. The van der Waals surface area contributed by atoms with E-state index in [0.29, 0.717) is 20.9 Å². The third-order valence-electron chi connectivity index (χ3n) is 2.45. The Morgan fingerprint density at radius 2 is 2.20 bits per heavy atom. The van der Waals surface area contributed by atoms with E-state index in [2.05, 4.69) is 26.2 Å². The van der Waals surface area contributed by atoms with Gasteiger partial charge < -0.3 is 10.1 Å². The Morgan fingerprint density at radius 1 is 1.45 bits per heavy atom. The Kier molecular flexibility index (Phi) is 4.57. The summed E-state index contributed by atoms with van der Waals surface area (Å²) < 4.78 is 18.8. The molecule has 0 aliphatic carbocycles. The van der Waals surface area contributed by atoms with E-state index < -0.39 is 11.9 Å². The van der Waals surface area contributed by atoms with Crippen LogP contribution in [0.2, 0.25) is 5.02 Å². The number of ether oxygens (including phenoxy) is 1. The third-order valence-corrected chi connectivity index (χ3v) is 3.26. The fraction of sp³-hybridized carbons (Fsp3) is 0.0769. The standard InChI is InChI=1S/C13H9BrClFN2O2/c1-20-12-9(14)5-8(15)6-10(12)18-13(19)7-2-3-17-11(16)4-7/h2-6H,1H3,(H,18,19). The number of methoxy groups -OCH3 is 1. The zero-order chi connectivity index (χ0) is 14.7. The van der Waals surface area contributed by atoms with Crippen LogP contribution in [-0.4, -0.2) is 18.0 Å². The summed E-state index contributed by atoms with van der Waals surface area (Å²) in [5, 5.41) is 3.04. The molecule has 0 saturated carbocycles. The van der Waals surface area contributed by atoms with Gasteiger partial charge in [-0.2, -0.15) is 4.39 Å². The van der Waals surface area contributed by atoms with E-state index in [1.807, 2.05) is 0 Å². The Bertz CT molecular complexity index is 667. The summed E-state index contributed by atoms with van der Waals surface area (Å²) in [6.45, 7) is 0. The number of benzene rings is 1. The molecule has 104 valence electrons. The average molecular weight is 360 g/mol. The van der Waals surface area contributed by atoms with Gasteiger partial charge in [-0.1, -0.05) is 11.6 Å². The van der Waals surface area contributed by atoms with Crippen molar-refractivity contribution < 1.29 is 13.9 Å². The number of halogens is 3. The first kappa shape index (κ1) is 14.7. The summed E-state index contributed by atoms with van der Waals surface area (Å²) in [7, 11) is 1.47. The number of rotatable bonds is 3. The van der Waals surface area contributed by atoms with Gasteiger partial charge in [-0.05, 0) is 34.1 Å². The summed E-state index contributed by atoms with van der Waals surface area (Å²) >= 11 is 9.21. The molecule has 1 amide bonds. The van der Waals surface area contributed by atoms with E-state index in [1.165, 1.54) is 19.4 Å². The molecule has 1 aromatic heterocycles. The molecule has 0 saturated heterocycles. The number of carbonyl (C=O) groups excluding carboxylic acids is 1. The minimum absolute atomic E-state index is 0.149. The van der Waals surface area contributed by atoms with Crippen molar-refractivity contribution in [1.29, 1.82) is 0 Å². The number of carbonyl (C=O) groups is 1. The fourth-order valence-electron chi connectivity index (χ4n) is 1.60. The van der Waals surface area contributed by atoms with Crippen molar-refractivity contribution in [1.82, 2.24) is 4.98 Å². The second-order valence-electron chi connectivity index (χ2n) is 3.79. The number of pyridine rings is 1. The first-order valence-electron chi connectivity index (χ1n) is 5.47. The van der Waals surface area contributed by atoms with Crippen molar-refractivity contribution in [3.63, 3.8) is 0 Å². The SMILES string of the molecule is COc1c(Br)cc(Cl)cc1NC(=O)c1ccnc(F)c1. The van der Waals surface area contributed by atoms with E-state index in [9.17, 15) is 9.18 Å². The second kappa shape index (κ2) is 6.19. The van der Waals surface area contributed by atoms with Crippen LogP contribution in [0, 0.1) is 5.95 Å². The number of amides is 1. The molecule has 1 aromatic carbocycles. The summed E-state index contributed by atoms with van der Waals surface area (Å²) in [5.41, 5.74) is 0.532. The summed E-state index contributed by atoms with van der Waals surface area (Å²) in [6, 6.07) is 5.63. The van der Waals surface area contributed by atoms with Crippen molar-refractivity contribution in [3.8, 4) is 5.75 Å². The first-order chi connectivity index (χ1) is 9.51. The number of anilines is 1. The lowest BCUT2D eigenvalue weighted by Gasteiger charge is -2.12. The highest BCUT2D eigenvalue weighted by atomic mass is 79.9. The van der Waals surface area contributed by atoms with Gasteiger partial charge in [-0.3, -0.25) is 4.79 Å². The van der Waals surface area contributed by atoms with Gasteiger partial charge in [0.25, 0.3) is 5.91 Å². The van der Waals surface area contributed by atoms with Crippen LogP contribution in [0.5, 0.6) is 5.75 Å². The van der Waals surface area contributed by atoms with Crippen LogP contribution in [0.3, 0.4) is 0 Å². The molecule has 2 aromatic rings. The van der Waals surface area contributed by atoms with E-state index in [-0.39, 0.29) is 5.56 Å². The van der Waals surface area contributed by atoms with Gasteiger partial charge in [0.05, 0.1) is 17.3 Å². The van der Waals surface area contributed by atoms with E-state index in [4.69, 9.17) is 16.3 Å². The minimum atomic E-state index is -0.725. The van der Waals surface area contributed by atoms with Gasteiger partial charge in [0.1, 0.15) is 0 Å². The monoisotopic (exact) mass is 358 g/mol. The summed E-state index contributed by atoms with van der Waals surface area (Å²) in [5.74, 6) is -0.784. The van der Waals surface area contributed by atoms with Crippen LogP contribution in [0.1, 0.15) is 10.4 Å². The van der Waals surface area contributed by atoms with Crippen LogP contribution in [0.25, 0.3) is 0 Å². The van der Waals surface area contributed by atoms with Gasteiger partial charge in [0.2, 0.25) is 5.95 Å². The molecule has 0 unspecified atom stereocenters. The predicted octanol–water partition coefficient (Wildman–Crippen LogP) is 3.90. The smallest absolute Gasteiger partial charge is 0.255 e. The molecule has 0 aliphatic rings. The Balaban J connectivity index is 2.32. The zero-order valence-electron chi connectivity index (χ0n) is 10.3. The quantitative estimate of drug-likeness (QED) is 0.846. The fourth-order valence-corrected chi connectivity index (χ4v) is 2.57. The Labute approximate surface area is 128 Å². The van der Waals surface area contributed by atoms with Crippen molar-refractivity contribution in [2.75, 3.05) is 12.4 Å². The van der Waals surface area contributed by atoms with E-state index in [0.717, 1.165) is 6.07 Å². The first-order valence-corrected chi connectivity index (χ1v) is 6.64. The van der Waals surface area contributed by atoms with Crippen LogP contribution < -0.4 is 10.1 Å². The van der Waals surface area contributed by atoms with Crippen molar-refractivity contribution >= 4 is 39.1 Å². The van der Waals surface area contributed by atoms with Crippen molar-refractivity contribution in [2.24, 2.45) is 0 Å². The molecule has 0 radical (unpaired) electrons. The molecular weight excluding hydrogens is 351 g/mol. The van der Waals surface area contributed by atoms with Crippen molar-refractivity contribution in [2.45, 2.75) is 0 Å². The highest BCUT2D eigenvalue weighted by Gasteiger charge is 2.14. The molecule has 0 atom stereocenters. The second-order valence-corrected chi connectivity index (χ2v) is 5.08. The number of nitrogens with zero attached hydrogens (tertiary/aromatic N) is 1. The molecule has 2 rings (SSSR count). The molecule has 0 aliphatic heterocycles. The van der Waals surface area contributed by atoms with Gasteiger partial charge >= 0.3 is 0 Å². The van der Waals surface area contributed by atoms with Gasteiger partial charge in [0.15, 0.2) is 5.75 Å². The Morgan fingerprint density at radius 3 is 2.85 bits per heavy atom. The average Bonchev–Trinajstić information content (AvgIpc) is 2.38. The van der Waals surface area contributed by atoms with Gasteiger partial charge in [0, 0.05) is 22.8 Å². The lowest BCUT2D eigenvalue weighted by Crippen LogP contribution is -2.13. The van der Waals surface area contributed by atoms with Crippen LogP contribution in [-0.2, 0) is 0 Å². The molecule has 1 N–H and O–H groups in total. The summed E-state index contributed by atoms with van der Waals surface area (Å²) in [6.07, 6.45) is 1.22. The van der Waals surface area contributed by atoms with Crippen molar-refractivity contribution in [3.05, 3.63) is 51.5 Å². The maximum absolute atomic E-state index is 13.0. The Hall–Kier alpha value is -1.66. The predicted molar refractivity (Wildman–Crippen MR) is 77.9 cm³/mol. The molecule has 0 bridgehead atoms. The number of hydrogen-bond donors (Lipinski definition) is 1. The maximum Gasteiger partial charge on any atom is 0.255 e. The highest BCUT2D eigenvalue weighted by molar-refractivity contribution is 9.10. The number of hydrogen-bond acceptors (Lipinski definition) is 3. The molecule has 1 heterocycles. The molecule has 4 nitrogen and oxygen atoms in total. The normalized spacial score (nSPS) is 10.2. The molecule has 7 heteroatoms. The summed E-state index contributed by atoms with van der Waals surface area (Å²) in [4.78, 5) is 15.4. The highest BCUT2D eigenvalue weighted by Crippen LogP contribution is 2.36.